The van der Waals surface area contributed by atoms with Crippen LogP contribution < -0.4 is 15.8 Å². The first-order valence-corrected chi connectivity index (χ1v) is 7.32. The Bertz CT molecular complexity index is 654. The molecule has 6 nitrogen and oxygen atoms in total. The molecule has 1 aromatic carbocycles. The van der Waals surface area contributed by atoms with Crippen molar-refractivity contribution < 1.29 is 9.53 Å². The summed E-state index contributed by atoms with van der Waals surface area (Å²) in [5.41, 5.74) is 6.06. The summed E-state index contributed by atoms with van der Waals surface area (Å²) in [5, 5.41) is 10.5. The van der Waals surface area contributed by atoms with E-state index in [1.165, 1.54) is 0 Å². The zero-order valence-corrected chi connectivity index (χ0v) is 12.2. The second kappa shape index (κ2) is 6.11. The summed E-state index contributed by atoms with van der Waals surface area (Å²) in [7, 11) is 0. The molecule has 3 rings (SSSR count). The molecule has 3 N–H and O–H groups in total. The normalized spacial score (nSPS) is 16.2. The fraction of sp³-hybridized carbons (Fsp3) is 0.312. The van der Waals surface area contributed by atoms with Crippen LogP contribution in [0.5, 0.6) is 11.6 Å². The van der Waals surface area contributed by atoms with Crippen LogP contribution in [0.25, 0.3) is 0 Å². The van der Waals surface area contributed by atoms with Crippen LogP contribution in [0.4, 0.5) is 5.69 Å². The number of benzene rings is 1. The summed E-state index contributed by atoms with van der Waals surface area (Å²) < 4.78 is 5.60. The SMILES string of the molecule is NC1(C(=O)Nc2cccc(Oc3cccnn3)c2)CCCC1. The Morgan fingerprint density at radius 1 is 1.23 bits per heavy atom. The Kier molecular flexibility index (Phi) is 4.02. The van der Waals surface area contributed by atoms with E-state index in [9.17, 15) is 4.79 Å². The van der Waals surface area contributed by atoms with Gasteiger partial charge in [0.2, 0.25) is 11.8 Å². The Hall–Kier alpha value is -2.47. The van der Waals surface area contributed by atoms with Gasteiger partial charge in [0.1, 0.15) is 5.75 Å². The minimum absolute atomic E-state index is 0.137. The molecule has 0 bridgehead atoms. The van der Waals surface area contributed by atoms with Gasteiger partial charge in [-0.15, -0.1) is 5.10 Å². The highest BCUT2D eigenvalue weighted by Crippen LogP contribution is 2.29. The van der Waals surface area contributed by atoms with Crippen molar-refractivity contribution >= 4 is 11.6 Å². The van der Waals surface area contributed by atoms with Crippen molar-refractivity contribution in [3.63, 3.8) is 0 Å². The van der Waals surface area contributed by atoms with E-state index in [0.29, 0.717) is 17.3 Å². The lowest BCUT2D eigenvalue weighted by molar-refractivity contribution is -0.121. The van der Waals surface area contributed by atoms with Crippen molar-refractivity contribution in [1.82, 2.24) is 10.2 Å². The lowest BCUT2D eigenvalue weighted by Gasteiger charge is -2.22. The van der Waals surface area contributed by atoms with Gasteiger partial charge >= 0.3 is 0 Å². The minimum Gasteiger partial charge on any atom is -0.437 e. The molecule has 0 unspecified atom stereocenters. The van der Waals surface area contributed by atoms with Gasteiger partial charge in [-0.05, 0) is 31.0 Å². The predicted molar refractivity (Wildman–Crippen MR) is 82.6 cm³/mol. The molecule has 0 aliphatic heterocycles. The molecule has 0 atom stereocenters. The number of nitrogens with zero attached hydrogens (tertiary/aromatic N) is 2. The van der Waals surface area contributed by atoms with Gasteiger partial charge < -0.3 is 15.8 Å². The first kappa shape index (κ1) is 14.5. The zero-order chi connectivity index (χ0) is 15.4. The summed E-state index contributed by atoms with van der Waals surface area (Å²) in [6.45, 7) is 0. The van der Waals surface area contributed by atoms with Crippen molar-refractivity contribution in [2.24, 2.45) is 5.73 Å². The van der Waals surface area contributed by atoms with Crippen molar-refractivity contribution in [1.29, 1.82) is 0 Å². The maximum absolute atomic E-state index is 12.3. The first-order chi connectivity index (χ1) is 10.7. The third-order valence-corrected chi connectivity index (χ3v) is 3.81. The molecule has 22 heavy (non-hydrogen) atoms. The van der Waals surface area contributed by atoms with Gasteiger partial charge in [0.25, 0.3) is 0 Å². The van der Waals surface area contributed by atoms with E-state index in [1.54, 1.807) is 42.6 Å². The van der Waals surface area contributed by atoms with Gasteiger partial charge in [-0.1, -0.05) is 18.9 Å². The van der Waals surface area contributed by atoms with Crippen LogP contribution in [0.15, 0.2) is 42.6 Å². The van der Waals surface area contributed by atoms with Crippen molar-refractivity contribution in [3.8, 4) is 11.6 Å². The van der Waals surface area contributed by atoms with Crippen LogP contribution in [0.1, 0.15) is 25.7 Å². The largest absolute Gasteiger partial charge is 0.437 e. The molecule has 0 saturated heterocycles. The number of carbonyl (C=O) groups excluding carboxylic acids is 1. The molecule has 1 saturated carbocycles. The average Bonchev–Trinajstić information content (AvgIpc) is 2.97. The maximum Gasteiger partial charge on any atom is 0.244 e. The number of aromatic nitrogens is 2. The number of anilines is 1. The van der Waals surface area contributed by atoms with Crippen LogP contribution in [0, 0.1) is 0 Å². The monoisotopic (exact) mass is 298 g/mol. The molecule has 6 heteroatoms. The molecule has 0 radical (unpaired) electrons. The summed E-state index contributed by atoms with van der Waals surface area (Å²) in [5.74, 6) is 0.842. The predicted octanol–water partition coefficient (Wildman–Crippen LogP) is 2.48. The van der Waals surface area contributed by atoms with Gasteiger partial charge in [-0.3, -0.25) is 4.79 Å². The summed E-state index contributed by atoms with van der Waals surface area (Å²) in [6, 6.07) is 10.6. The highest BCUT2D eigenvalue weighted by molar-refractivity contribution is 5.98. The second-order valence-electron chi connectivity index (χ2n) is 5.51. The van der Waals surface area contributed by atoms with Crippen LogP contribution in [0.3, 0.4) is 0 Å². The van der Waals surface area contributed by atoms with E-state index in [0.717, 1.165) is 25.7 Å². The van der Waals surface area contributed by atoms with E-state index in [2.05, 4.69) is 15.5 Å². The van der Waals surface area contributed by atoms with Gasteiger partial charge in [0.05, 0.1) is 5.54 Å². The third kappa shape index (κ3) is 3.23. The van der Waals surface area contributed by atoms with E-state index in [-0.39, 0.29) is 5.91 Å². The molecule has 1 amide bonds. The molecule has 1 heterocycles. The number of carbonyl (C=O) groups is 1. The second-order valence-corrected chi connectivity index (χ2v) is 5.51. The molecule has 114 valence electrons. The highest BCUT2D eigenvalue weighted by atomic mass is 16.5. The number of hydrogen-bond acceptors (Lipinski definition) is 5. The number of amides is 1. The Balaban J connectivity index is 1.70. The first-order valence-electron chi connectivity index (χ1n) is 7.32. The quantitative estimate of drug-likeness (QED) is 0.905. The van der Waals surface area contributed by atoms with Crippen molar-refractivity contribution in [2.45, 2.75) is 31.2 Å². The minimum atomic E-state index is -0.748. The lowest BCUT2D eigenvalue weighted by atomic mass is 9.98. The Labute approximate surface area is 128 Å². The summed E-state index contributed by atoms with van der Waals surface area (Å²) in [4.78, 5) is 12.3. The molecule has 1 fully saturated rings. The molecular weight excluding hydrogens is 280 g/mol. The number of nitrogens with two attached hydrogens (primary N) is 1. The van der Waals surface area contributed by atoms with Gasteiger partial charge in [0.15, 0.2) is 0 Å². The van der Waals surface area contributed by atoms with Crippen LogP contribution >= 0.6 is 0 Å². The Morgan fingerprint density at radius 3 is 2.77 bits per heavy atom. The van der Waals surface area contributed by atoms with Gasteiger partial charge in [-0.2, -0.15) is 5.10 Å². The zero-order valence-electron chi connectivity index (χ0n) is 12.2. The fourth-order valence-corrected chi connectivity index (χ4v) is 2.59. The van der Waals surface area contributed by atoms with Crippen LogP contribution in [-0.2, 0) is 4.79 Å². The third-order valence-electron chi connectivity index (χ3n) is 3.81. The summed E-state index contributed by atoms with van der Waals surface area (Å²) in [6.07, 6.45) is 5.04. The van der Waals surface area contributed by atoms with Crippen molar-refractivity contribution in [2.75, 3.05) is 5.32 Å². The van der Waals surface area contributed by atoms with E-state index in [1.807, 2.05) is 0 Å². The van der Waals surface area contributed by atoms with Crippen molar-refractivity contribution in [3.05, 3.63) is 42.6 Å². The van der Waals surface area contributed by atoms with Gasteiger partial charge in [0, 0.05) is 24.0 Å². The average molecular weight is 298 g/mol. The van der Waals surface area contributed by atoms with E-state index >= 15 is 0 Å². The van der Waals surface area contributed by atoms with Gasteiger partial charge in [-0.25, -0.2) is 0 Å². The van der Waals surface area contributed by atoms with Crippen LogP contribution in [-0.4, -0.2) is 21.6 Å². The maximum atomic E-state index is 12.3. The molecule has 1 aliphatic rings. The standard InChI is InChI=1S/C16H18N4O2/c17-16(8-1-2-9-16)15(21)19-12-5-3-6-13(11-12)22-14-7-4-10-18-20-14/h3-7,10-11H,1-2,8-9,17H2,(H,19,21). The number of rotatable bonds is 4. The van der Waals surface area contributed by atoms with E-state index in [4.69, 9.17) is 10.5 Å². The lowest BCUT2D eigenvalue weighted by Crippen LogP contribution is -2.48. The number of hydrogen-bond donors (Lipinski definition) is 2. The van der Waals surface area contributed by atoms with E-state index < -0.39 is 5.54 Å². The Morgan fingerprint density at radius 2 is 2.05 bits per heavy atom. The number of nitrogens with one attached hydrogen (secondary N) is 1. The smallest absolute Gasteiger partial charge is 0.244 e. The molecule has 0 spiro atoms. The molecule has 1 aromatic heterocycles. The summed E-state index contributed by atoms with van der Waals surface area (Å²) >= 11 is 0. The molecule has 2 aromatic rings. The fourth-order valence-electron chi connectivity index (χ4n) is 2.59. The number of ether oxygens (including phenoxy) is 1. The highest BCUT2D eigenvalue weighted by Gasteiger charge is 2.36. The molecule has 1 aliphatic carbocycles. The molecular formula is C16H18N4O2. The topological polar surface area (TPSA) is 90.1 Å². The van der Waals surface area contributed by atoms with Crippen LogP contribution in [0.2, 0.25) is 0 Å².